The largest absolute Gasteiger partial charge is 0.503 e. The molecule has 0 aliphatic heterocycles. The van der Waals surface area contributed by atoms with Crippen LogP contribution in [0.1, 0.15) is 6.92 Å². The quantitative estimate of drug-likeness (QED) is 0.259. The summed E-state index contributed by atoms with van der Waals surface area (Å²) in [4.78, 5) is 10.8. The van der Waals surface area contributed by atoms with E-state index >= 15 is 0 Å². The van der Waals surface area contributed by atoms with Crippen LogP contribution in [-0.4, -0.2) is 19.7 Å². The van der Waals surface area contributed by atoms with Crippen molar-refractivity contribution in [3.05, 3.63) is 11.8 Å². The maximum atomic E-state index is 10.8. The van der Waals surface area contributed by atoms with Crippen molar-refractivity contribution in [1.82, 2.24) is 0 Å². The summed E-state index contributed by atoms with van der Waals surface area (Å²) >= 11 is 0. The van der Waals surface area contributed by atoms with E-state index in [1.54, 1.807) is 13.0 Å². The van der Waals surface area contributed by atoms with Crippen molar-refractivity contribution in [3.8, 4) is 6.07 Å². The van der Waals surface area contributed by atoms with Crippen LogP contribution < -0.4 is 0 Å². The molecular weight excluding hydrogens is 146 g/mol. The molecule has 0 aliphatic carbocycles. The van der Waals surface area contributed by atoms with E-state index in [1.165, 1.54) is 7.11 Å². The lowest BCUT2D eigenvalue weighted by molar-refractivity contribution is -0.138. The van der Waals surface area contributed by atoms with Crippen molar-refractivity contribution in [1.29, 1.82) is 5.26 Å². The Morgan fingerprint density at radius 3 is 2.73 bits per heavy atom. The van der Waals surface area contributed by atoms with Crippen molar-refractivity contribution in [2.24, 2.45) is 0 Å². The zero-order chi connectivity index (χ0) is 8.69. The molecule has 0 heterocycles. The molecule has 0 spiro atoms. The lowest BCUT2D eigenvalue weighted by atomic mass is 10.3. The first-order valence-electron chi connectivity index (χ1n) is 3.06. The predicted octanol–water partition coefficient (Wildman–Crippen LogP) is 0.603. The first kappa shape index (κ1) is 9.50. The average molecular weight is 155 g/mol. The smallest absolute Gasteiger partial charge is 0.352 e. The second-order valence-electron chi connectivity index (χ2n) is 1.60. The Hall–Kier alpha value is -1.50. The summed E-state index contributed by atoms with van der Waals surface area (Å²) in [5, 5.41) is 8.36. The second-order valence-corrected chi connectivity index (χ2v) is 1.60. The number of ether oxygens (including phenoxy) is 2. The highest BCUT2D eigenvalue weighted by atomic mass is 16.5. The minimum absolute atomic E-state index is 0.130. The number of rotatable bonds is 3. The van der Waals surface area contributed by atoms with Gasteiger partial charge in [0.15, 0.2) is 5.57 Å². The molecule has 4 nitrogen and oxygen atoms in total. The van der Waals surface area contributed by atoms with E-state index in [-0.39, 0.29) is 12.2 Å². The van der Waals surface area contributed by atoms with E-state index in [2.05, 4.69) is 9.47 Å². The number of hydrogen-bond donors (Lipinski definition) is 0. The fourth-order valence-corrected chi connectivity index (χ4v) is 0.447. The van der Waals surface area contributed by atoms with Gasteiger partial charge in [0, 0.05) is 0 Å². The van der Waals surface area contributed by atoms with Gasteiger partial charge in [0.25, 0.3) is 0 Å². The van der Waals surface area contributed by atoms with Gasteiger partial charge in [0.05, 0.1) is 13.7 Å². The van der Waals surface area contributed by atoms with Gasteiger partial charge in [-0.15, -0.1) is 0 Å². The zero-order valence-electron chi connectivity index (χ0n) is 6.46. The molecule has 0 saturated heterocycles. The van der Waals surface area contributed by atoms with Crippen molar-refractivity contribution < 1.29 is 14.3 Å². The van der Waals surface area contributed by atoms with Gasteiger partial charge in [-0.1, -0.05) is 0 Å². The van der Waals surface area contributed by atoms with E-state index < -0.39 is 5.97 Å². The summed E-state index contributed by atoms with van der Waals surface area (Å²) in [5.74, 6) is -0.656. The van der Waals surface area contributed by atoms with E-state index in [0.29, 0.717) is 0 Å². The minimum atomic E-state index is -0.656. The lowest BCUT2D eigenvalue weighted by Crippen LogP contribution is -2.06. The van der Waals surface area contributed by atoms with Gasteiger partial charge in [-0.3, -0.25) is 0 Å². The number of nitrogens with zero attached hydrogens (tertiary/aromatic N) is 1. The number of esters is 1. The number of carbonyl (C=O) groups excluding carboxylic acids is 1. The fourth-order valence-electron chi connectivity index (χ4n) is 0.447. The molecule has 0 bridgehead atoms. The Bertz CT molecular complexity index is 202. The summed E-state index contributed by atoms with van der Waals surface area (Å²) in [6.45, 7) is 1.92. The van der Waals surface area contributed by atoms with Gasteiger partial charge in [0.1, 0.15) is 12.3 Å². The highest BCUT2D eigenvalue weighted by Gasteiger charge is 2.08. The molecule has 0 aromatic carbocycles. The molecule has 0 atom stereocenters. The summed E-state index contributed by atoms with van der Waals surface area (Å²) in [6.07, 6.45) is 1.05. The molecule has 60 valence electrons. The van der Waals surface area contributed by atoms with Crippen LogP contribution in [-0.2, 0) is 14.3 Å². The monoisotopic (exact) mass is 155 g/mol. The molecule has 0 saturated carbocycles. The Morgan fingerprint density at radius 2 is 2.36 bits per heavy atom. The van der Waals surface area contributed by atoms with E-state index in [0.717, 1.165) is 6.26 Å². The molecule has 4 heteroatoms. The number of nitriles is 1. The van der Waals surface area contributed by atoms with Crippen LogP contribution in [0.15, 0.2) is 11.8 Å². The molecule has 0 amide bonds. The minimum Gasteiger partial charge on any atom is -0.503 e. The SMILES string of the molecule is CCOC(=O)/C(C#N)=C/OC. The van der Waals surface area contributed by atoms with Crippen molar-refractivity contribution in [3.63, 3.8) is 0 Å². The molecule has 0 aromatic heterocycles. The third kappa shape index (κ3) is 3.26. The molecule has 11 heavy (non-hydrogen) atoms. The van der Waals surface area contributed by atoms with Crippen molar-refractivity contribution in [2.75, 3.05) is 13.7 Å². The first-order valence-corrected chi connectivity index (χ1v) is 3.06. The van der Waals surface area contributed by atoms with Gasteiger partial charge in [-0.05, 0) is 6.92 Å². The molecule has 0 rings (SSSR count). The summed E-state index contributed by atoms with van der Waals surface area (Å²) in [6, 6.07) is 1.65. The van der Waals surface area contributed by atoms with Crippen LogP contribution in [0.2, 0.25) is 0 Å². The Morgan fingerprint density at radius 1 is 1.73 bits per heavy atom. The summed E-state index contributed by atoms with van der Waals surface area (Å²) < 4.78 is 9.01. The van der Waals surface area contributed by atoms with E-state index in [1.807, 2.05) is 0 Å². The highest BCUT2D eigenvalue weighted by Crippen LogP contribution is 1.95. The van der Waals surface area contributed by atoms with Crippen molar-refractivity contribution >= 4 is 5.97 Å². The third-order valence-corrected chi connectivity index (χ3v) is 0.851. The molecular formula is C7H9NO3. The molecule has 0 N–H and O–H groups in total. The van der Waals surface area contributed by atoms with Gasteiger partial charge in [-0.2, -0.15) is 5.26 Å². The lowest BCUT2D eigenvalue weighted by Gasteiger charge is -1.97. The zero-order valence-corrected chi connectivity index (χ0v) is 6.46. The van der Waals surface area contributed by atoms with Crippen molar-refractivity contribution in [2.45, 2.75) is 6.92 Å². The van der Waals surface area contributed by atoms with Crippen LogP contribution >= 0.6 is 0 Å². The standard InChI is InChI=1S/C7H9NO3/c1-3-11-7(9)6(4-8)5-10-2/h5H,3H2,1-2H3/b6-5+. The normalized spacial score (nSPS) is 10.1. The van der Waals surface area contributed by atoms with E-state index in [9.17, 15) is 4.79 Å². The number of hydrogen-bond acceptors (Lipinski definition) is 4. The third-order valence-electron chi connectivity index (χ3n) is 0.851. The number of methoxy groups -OCH3 is 1. The van der Waals surface area contributed by atoms with Crippen LogP contribution in [0.3, 0.4) is 0 Å². The molecule has 0 unspecified atom stereocenters. The first-order chi connectivity index (χ1) is 5.26. The van der Waals surface area contributed by atoms with E-state index in [4.69, 9.17) is 5.26 Å². The number of carbonyl (C=O) groups is 1. The molecule has 0 fully saturated rings. The van der Waals surface area contributed by atoms with Gasteiger partial charge in [-0.25, -0.2) is 4.79 Å². The maximum absolute atomic E-state index is 10.8. The van der Waals surface area contributed by atoms with Gasteiger partial charge in [0.2, 0.25) is 0 Å². The average Bonchev–Trinajstić information content (AvgIpc) is 2.00. The molecule has 0 aromatic rings. The van der Waals surface area contributed by atoms with Crippen LogP contribution in [0, 0.1) is 11.3 Å². The predicted molar refractivity (Wildman–Crippen MR) is 37.3 cm³/mol. The highest BCUT2D eigenvalue weighted by molar-refractivity contribution is 5.92. The molecule has 0 radical (unpaired) electrons. The Labute approximate surface area is 65.0 Å². The fraction of sp³-hybridized carbons (Fsp3) is 0.429. The van der Waals surface area contributed by atoms with Gasteiger partial charge >= 0.3 is 5.97 Å². The maximum Gasteiger partial charge on any atom is 0.352 e. The topological polar surface area (TPSA) is 59.3 Å². The van der Waals surface area contributed by atoms with Crippen LogP contribution in [0.4, 0.5) is 0 Å². The van der Waals surface area contributed by atoms with Crippen LogP contribution in [0.5, 0.6) is 0 Å². The summed E-state index contributed by atoms with van der Waals surface area (Å²) in [5.41, 5.74) is -0.130. The Kier molecular flexibility index (Phi) is 4.58. The second kappa shape index (κ2) is 5.30. The Balaban J connectivity index is 4.18. The van der Waals surface area contributed by atoms with Gasteiger partial charge < -0.3 is 9.47 Å². The summed E-state index contributed by atoms with van der Waals surface area (Å²) in [7, 11) is 1.36. The van der Waals surface area contributed by atoms with Crippen LogP contribution in [0.25, 0.3) is 0 Å². The molecule has 0 aliphatic rings.